The summed E-state index contributed by atoms with van der Waals surface area (Å²) in [7, 11) is 7.26. The number of Topliss-reactive ketones (excluding diaryl/α,β-unsaturated/α-hetero) is 1. The first kappa shape index (κ1) is 29.0. The number of carbonyl (C=O) groups excluding carboxylic acids is 1. The minimum Gasteiger partial charge on any atom is -0.504 e. The maximum absolute atomic E-state index is 14.4. The fourth-order valence-electron chi connectivity index (χ4n) is 7.90. The first-order valence-electron chi connectivity index (χ1n) is 15.9. The quantitative estimate of drug-likeness (QED) is 0.417. The number of likely N-dealkylation sites (N-methyl/N-ethyl adjacent to an activating group) is 2. The summed E-state index contributed by atoms with van der Waals surface area (Å²) in [4.78, 5) is 19.0. The summed E-state index contributed by atoms with van der Waals surface area (Å²) in [5.74, 6) is 2.58. The Bertz CT molecular complexity index is 1810. The first-order valence-corrected chi connectivity index (χ1v) is 15.9. The summed E-state index contributed by atoms with van der Waals surface area (Å²) in [5, 5.41) is 11.1. The smallest absolute Gasteiger partial charge is 0.248 e. The average molecular weight is 623 g/mol. The molecule has 0 saturated heterocycles. The van der Waals surface area contributed by atoms with Gasteiger partial charge in [-0.2, -0.15) is 0 Å². The molecule has 3 aromatic rings. The van der Waals surface area contributed by atoms with Crippen molar-refractivity contribution in [1.29, 1.82) is 0 Å². The molecule has 1 N–H and O–H groups in total. The van der Waals surface area contributed by atoms with Gasteiger partial charge in [0.1, 0.15) is 12.4 Å². The zero-order chi connectivity index (χ0) is 31.7. The number of allylic oxidation sites excluding steroid dienone is 1. The van der Waals surface area contributed by atoms with Crippen molar-refractivity contribution < 1.29 is 33.6 Å². The van der Waals surface area contributed by atoms with Gasteiger partial charge in [-0.05, 0) is 110 Å². The molecular weight excluding hydrogens is 584 g/mol. The van der Waals surface area contributed by atoms with E-state index in [0.717, 1.165) is 54.6 Å². The topological polar surface area (TPSA) is 89.9 Å². The molecule has 0 radical (unpaired) electrons. The third kappa shape index (κ3) is 4.47. The van der Waals surface area contributed by atoms with Crippen LogP contribution in [0.3, 0.4) is 0 Å². The van der Waals surface area contributed by atoms with Crippen molar-refractivity contribution in [1.82, 2.24) is 9.80 Å². The predicted molar refractivity (Wildman–Crippen MR) is 171 cm³/mol. The van der Waals surface area contributed by atoms with Crippen LogP contribution in [0.2, 0.25) is 0 Å². The molecule has 3 aromatic carbocycles. The lowest BCUT2D eigenvalue weighted by Crippen LogP contribution is -2.61. The van der Waals surface area contributed by atoms with Crippen LogP contribution < -0.4 is 18.9 Å². The van der Waals surface area contributed by atoms with E-state index in [1.165, 1.54) is 25.3 Å². The number of hydrogen-bond acceptors (Lipinski definition) is 9. The third-order valence-corrected chi connectivity index (χ3v) is 10.3. The number of fused-ring (bicyclic) bond motifs is 2. The molecule has 0 unspecified atom stereocenters. The molecule has 1 aliphatic carbocycles. The van der Waals surface area contributed by atoms with Crippen molar-refractivity contribution in [3.05, 3.63) is 93.8 Å². The number of rotatable bonds is 2. The maximum Gasteiger partial charge on any atom is 0.248 e. The van der Waals surface area contributed by atoms with Gasteiger partial charge in [0, 0.05) is 30.7 Å². The molecule has 9 rings (SSSR count). The highest BCUT2D eigenvalue weighted by Gasteiger charge is 2.56. The van der Waals surface area contributed by atoms with E-state index in [4.69, 9.17) is 23.7 Å². The molecule has 6 aliphatic rings. The van der Waals surface area contributed by atoms with Gasteiger partial charge in [-0.25, -0.2) is 0 Å². The largest absolute Gasteiger partial charge is 0.504 e. The van der Waals surface area contributed by atoms with Gasteiger partial charge in [-0.1, -0.05) is 12.1 Å². The van der Waals surface area contributed by atoms with Crippen LogP contribution in [0.4, 0.5) is 0 Å². The van der Waals surface area contributed by atoms with Crippen LogP contribution in [0.5, 0.6) is 34.5 Å². The van der Waals surface area contributed by atoms with Crippen LogP contribution in [0, 0.1) is 0 Å². The van der Waals surface area contributed by atoms with Gasteiger partial charge >= 0.3 is 0 Å². The third-order valence-electron chi connectivity index (χ3n) is 10.3. The van der Waals surface area contributed by atoms with Crippen molar-refractivity contribution in [3.63, 3.8) is 0 Å². The zero-order valence-corrected chi connectivity index (χ0v) is 26.6. The molecule has 7 bridgehead atoms. The summed E-state index contributed by atoms with van der Waals surface area (Å²) in [5.41, 5.74) is 4.90. The molecule has 9 nitrogen and oxygen atoms in total. The first-order chi connectivity index (χ1) is 22.3. The highest BCUT2D eigenvalue weighted by molar-refractivity contribution is 6.05. The molecule has 9 heteroatoms. The Morgan fingerprint density at radius 3 is 2.41 bits per heavy atom. The van der Waals surface area contributed by atoms with Crippen molar-refractivity contribution >= 4 is 5.78 Å². The maximum atomic E-state index is 14.4. The van der Waals surface area contributed by atoms with Crippen molar-refractivity contribution in [2.45, 2.75) is 43.4 Å². The number of benzene rings is 3. The Morgan fingerprint density at radius 1 is 0.870 bits per heavy atom. The van der Waals surface area contributed by atoms with E-state index in [1.54, 1.807) is 6.07 Å². The molecule has 46 heavy (non-hydrogen) atoms. The summed E-state index contributed by atoms with van der Waals surface area (Å²) in [6, 6.07) is 15.8. The second-order valence-corrected chi connectivity index (χ2v) is 13.0. The summed E-state index contributed by atoms with van der Waals surface area (Å²) in [6.45, 7) is 1.74. The van der Waals surface area contributed by atoms with Crippen LogP contribution in [0.1, 0.15) is 34.7 Å². The van der Waals surface area contributed by atoms with Gasteiger partial charge < -0.3 is 28.8 Å². The van der Waals surface area contributed by atoms with Gasteiger partial charge in [-0.15, -0.1) is 0 Å². The molecular formula is C37H38N2O7. The molecule has 238 valence electrons. The Labute approximate surface area is 268 Å². The lowest BCUT2D eigenvalue weighted by atomic mass is 9.72. The fourth-order valence-corrected chi connectivity index (χ4v) is 7.90. The zero-order valence-electron chi connectivity index (χ0n) is 26.6. The summed E-state index contributed by atoms with van der Waals surface area (Å²) < 4.78 is 31.1. The lowest BCUT2D eigenvalue weighted by molar-refractivity contribution is -0.136. The second kappa shape index (κ2) is 10.8. The van der Waals surface area contributed by atoms with Gasteiger partial charge in [0.05, 0.1) is 14.2 Å². The number of aromatic hydroxyl groups is 1. The van der Waals surface area contributed by atoms with E-state index in [0.29, 0.717) is 29.4 Å². The van der Waals surface area contributed by atoms with E-state index in [9.17, 15) is 9.90 Å². The monoisotopic (exact) mass is 622 g/mol. The van der Waals surface area contributed by atoms with Gasteiger partial charge in [0.15, 0.2) is 28.8 Å². The number of ether oxygens (including phenoxy) is 5. The van der Waals surface area contributed by atoms with Crippen LogP contribution in [-0.2, 0) is 28.8 Å². The van der Waals surface area contributed by atoms with Crippen LogP contribution >= 0.6 is 0 Å². The molecule has 1 spiro atoms. The molecule has 0 aromatic heterocycles. The summed E-state index contributed by atoms with van der Waals surface area (Å²) >= 11 is 0. The van der Waals surface area contributed by atoms with Gasteiger partial charge in [-0.3, -0.25) is 14.6 Å². The molecule has 5 aliphatic heterocycles. The highest BCUT2D eigenvalue weighted by Crippen LogP contribution is 2.50. The Morgan fingerprint density at radius 2 is 1.63 bits per heavy atom. The van der Waals surface area contributed by atoms with E-state index in [1.807, 2.05) is 24.3 Å². The standard InChI is InChI=1S/C37H38N2O7/c1-38-11-9-23-17-30-31-19-26(23)27(38)13-21-5-7-25(8-6-21)45-32-16-22(15-29(40)35(32)43-4)14-28-34-24(10-12-39(28)2)18-33(42-3)36(41)37(34,46-31)20-44-30/h5-8,15-19,27-28,40H,9-14,20H2,1-4H3/t27-,28-,37-/m0/s1. The number of phenolic OH excluding ortho intramolecular Hbond substituents is 1. The molecule has 0 fully saturated rings. The normalized spacial score (nSPS) is 25.4. The minimum atomic E-state index is -1.40. The van der Waals surface area contributed by atoms with Crippen LogP contribution in [-0.4, -0.2) is 80.3 Å². The molecule has 0 saturated carbocycles. The highest BCUT2D eigenvalue weighted by atomic mass is 16.6. The van der Waals surface area contributed by atoms with E-state index in [2.05, 4.69) is 48.2 Å². The average Bonchev–Trinajstić information content (AvgIpc) is 3.05. The molecule has 0 amide bonds. The minimum absolute atomic E-state index is 0.0143. The molecule has 5 heterocycles. The number of methoxy groups -OCH3 is 2. The van der Waals surface area contributed by atoms with Crippen LogP contribution in [0.15, 0.2) is 71.5 Å². The number of hydrogen-bond donors (Lipinski definition) is 1. The van der Waals surface area contributed by atoms with Gasteiger partial charge in [0.2, 0.25) is 17.1 Å². The van der Waals surface area contributed by atoms with E-state index in [-0.39, 0.29) is 41.7 Å². The Kier molecular flexibility index (Phi) is 6.81. The Balaban J connectivity index is 1.35. The van der Waals surface area contributed by atoms with Crippen molar-refractivity contribution in [2.24, 2.45) is 0 Å². The SMILES string of the molecule is COC1=CC2=C3[C@H](Cc4cc(O)c(OC)c(c4)Oc4ccc(cc4)C[C@H]4c5cc6c(cc5CCN4C)OC[C@@]3(O6)C1=O)N(C)CC2. The fraction of sp³-hybridized carbons (Fsp3) is 0.378. The van der Waals surface area contributed by atoms with Gasteiger partial charge in [0.25, 0.3) is 0 Å². The van der Waals surface area contributed by atoms with Crippen LogP contribution in [0.25, 0.3) is 0 Å². The lowest BCUT2D eigenvalue weighted by Gasteiger charge is -2.48. The number of nitrogens with zero attached hydrogens (tertiary/aromatic N) is 2. The summed E-state index contributed by atoms with van der Waals surface area (Å²) in [6.07, 6.45) is 4.78. The Hall–Kier alpha value is -4.47. The van der Waals surface area contributed by atoms with E-state index >= 15 is 0 Å². The van der Waals surface area contributed by atoms with E-state index < -0.39 is 5.60 Å². The van der Waals surface area contributed by atoms with Crippen molar-refractivity contribution in [3.8, 4) is 34.5 Å². The predicted octanol–water partition coefficient (Wildman–Crippen LogP) is 5.14. The number of phenols is 1. The molecule has 3 atom stereocenters. The second-order valence-electron chi connectivity index (χ2n) is 13.0. The number of carbonyl (C=O) groups is 1. The van der Waals surface area contributed by atoms with Crippen molar-refractivity contribution in [2.75, 3.05) is 48.0 Å². The number of ketones is 1.